The van der Waals surface area contributed by atoms with E-state index in [0.717, 1.165) is 0 Å². The zero-order valence-corrected chi connectivity index (χ0v) is 14.0. The second-order valence-corrected chi connectivity index (χ2v) is 5.74. The summed E-state index contributed by atoms with van der Waals surface area (Å²) < 4.78 is 19.5. The Kier molecular flexibility index (Phi) is 4.68. The van der Waals surface area contributed by atoms with Gasteiger partial charge in [0.1, 0.15) is 29.7 Å². The Labute approximate surface area is 139 Å². The number of hydrogen-bond acceptors (Lipinski definition) is 8. The van der Waals surface area contributed by atoms with Gasteiger partial charge in [0.25, 0.3) is 0 Å². The number of methoxy groups -OCH3 is 1. The van der Waals surface area contributed by atoms with Gasteiger partial charge in [0, 0.05) is 13.7 Å². The van der Waals surface area contributed by atoms with Crippen LogP contribution in [0, 0.1) is 0 Å². The van der Waals surface area contributed by atoms with Crippen LogP contribution in [0.15, 0.2) is 12.7 Å². The van der Waals surface area contributed by atoms with Crippen LogP contribution in [-0.4, -0.2) is 62.8 Å². The number of hydrogen-bond donors (Lipinski definition) is 2. The number of nitrogens with zero attached hydrogens (tertiary/aromatic N) is 4. The molecule has 0 amide bonds. The van der Waals surface area contributed by atoms with Crippen molar-refractivity contribution in [3.8, 4) is 0 Å². The quantitative estimate of drug-likeness (QED) is 0.782. The summed E-state index contributed by atoms with van der Waals surface area (Å²) in [6.07, 6.45) is 2.18. The number of fused-ring (bicyclic) bond motifs is 1. The maximum absolute atomic E-state index is 9.95. The Morgan fingerprint density at radius 1 is 1.38 bits per heavy atom. The van der Waals surface area contributed by atoms with E-state index in [1.807, 2.05) is 13.8 Å². The van der Waals surface area contributed by atoms with Crippen molar-refractivity contribution < 1.29 is 19.3 Å². The third-order valence-corrected chi connectivity index (χ3v) is 4.59. The molecule has 3 rings (SSSR count). The third-order valence-electron chi connectivity index (χ3n) is 4.59. The zero-order valence-electron chi connectivity index (χ0n) is 14.0. The fraction of sp³-hybridized carbons (Fsp3) is 0.667. The van der Waals surface area contributed by atoms with E-state index in [9.17, 15) is 5.11 Å². The lowest BCUT2D eigenvalue weighted by atomic mass is 9.93. The number of aromatic nitrogens is 4. The fourth-order valence-corrected chi connectivity index (χ4v) is 3.33. The van der Waals surface area contributed by atoms with Crippen molar-refractivity contribution in [2.24, 2.45) is 0 Å². The van der Waals surface area contributed by atoms with Gasteiger partial charge in [-0.25, -0.2) is 15.0 Å². The number of nitrogens with two attached hydrogens (primary N) is 1. The van der Waals surface area contributed by atoms with Crippen molar-refractivity contribution in [2.45, 2.75) is 44.3 Å². The van der Waals surface area contributed by atoms with E-state index >= 15 is 0 Å². The predicted molar refractivity (Wildman–Crippen MR) is 86.2 cm³/mol. The number of rotatable bonds is 6. The minimum absolute atomic E-state index is 0.175. The number of ether oxygens (including phenoxy) is 3. The maximum Gasteiger partial charge on any atom is 0.167 e. The standard InChI is InChI=1S/C15H23N5O4/c1-4-15(6-21)11(22-3)10(23-5-2)14(24-15)20-8-19-9-12(16)17-7-18-13(9)20/h7-8,10-11,14,21H,4-6H2,1-3H3,(H2,16,17,18)/t10?,11?,14?,15-/m1/s1. The minimum Gasteiger partial charge on any atom is -0.393 e. The molecule has 1 fully saturated rings. The van der Waals surface area contributed by atoms with E-state index in [1.165, 1.54) is 6.33 Å². The summed E-state index contributed by atoms with van der Waals surface area (Å²) in [6.45, 7) is 4.16. The smallest absolute Gasteiger partial charge is 0.167 e. The van der Waals surface area contributed by atoms with Crippen LogP contribution in [0.4, 0.5) is 5.82 Å². The monoisotopic (exact) mass is 337 g/mol. The second kappa shape index (κ2) is 6.60. The molecule has 0 aliphatic carbocycles. The first kappa shape index (κ1) is 17.0. The first-order valence-electron chi connectivity index (χ1n) is 7.98. The van der Waals surface area contributed by atoms with Crippen molar-refractivity contribution in [2.75, 3.05) is 26.1 Å². The molecule has 9 heteroatoms. The van der Waals surface area contributed by atoms with Crippen LogP contribution in [0.5, 0.6) is 0 Å². The topological polar surface area (TPSA) is 118 Å². The molecule has 9 nitrogen and oxygen atoms in total. The Morgan fingerprint density at radius 3 is 2.79 bits per heavy atom. The Balaban J connectivity index is 2.08. The van der Waals surface area contributed by atoms with Gasteiger partial charge in [-0.3, -0.25) is 4.57 Å². The lowest BCUT2D eigenvalue weighted by molar-refractivity contribution is -0.135. The Bertz CT molecular complexity index is 702. The summed E-state index contributed by atoms with van der Waals surface area (Å²) >= 11 is 0. The lowest BCUT2D eigenvalue weighted by Gasteiger charge is -2.31. The molecule has 1 aliphatic rings. The molecule has 0 bridgehead atoms. The number of anilines is 1. The molecular weight excluding hydrogens is 314 g/mol. The molecule has 2 aromatic rings. The number of nitrogen functional groups attached to an aromatic ring is 1. The molecular formula is C15H23N5O4. The molecule has 0 radical (unpaired) electrons. The highest BCUT2D eigenvalue weighted by Gasteiger charge is 2.56. The van der Waals surface area contributed by atoms with E-state index < -0.39 is 24.0 Å². The van der Waals surface area contributed by atoms with Crippen molar-refractivity contribution >= 4 is 17.0 Å². The van der Waals surface area contributed by atoms with Crippen LogP contribution in [-0.2, 0) is 14.2 Å². The van der Waals surface area contributed by atoms with Crippen LogP contribution in [0.1, 0.15) is 26.5 Å². The summed E-state index contributed by atoms with van der Waals surface area (Å²) in [6, 6.07) is 0. The van der Waals surface area contributed by atoms with Gasteiger partial charge in [-0.05, 0) is 13.3 Å². The van der Waals surface area contributed by atoms with Crippen LogP contribution < -0.4 is 5.73 Å². The number of aliphatic hydroxyl groups excluding tert-OH is 1. The molecule has 2 aromatic heterocycles. The highest BCUT2D eigenvalue weighted by atomic mass is 16.6. The Hall–Kier alpha value is -1.81. The van der Waals surface area contributed by atoms with E-state index in [4.69, 9.17) is 19.9 Å². The summed E-state index contributed by atoms with van der Waals surface area (Å²) in [5.74, 6) is 0.303. The van der Waals surface area contributed by atoms with Crippen LogP contribution in [0.3, 0.4) is 0 Å². The molecule has 0 aromatic carbocycles. The van der Waals surface area contributed by atoms with Crippen LogP contribution in [0.2, 0.25) is 0 Å². The molecule has 4 atom stereocenters. The molecule has 0 spiro atoms. The molecule has 1 saturated heterocycles. The van der Waals surface area contributed by atoms with Crippen LogP contribution in [0.25, 0.3) is 11.2 Å². The van der Waals surface area contributed by atoms with Gasteiger partial charge in [0.15, 0.2) is 17.7 Å². The third kappa shape index (κ3) is 2.44. The average Bonchev–Trinajstić information content (AvgIpc) is 3.15. The van der Waals surface area contributed by atoms with Crippen molar-refractivity contribution in [1.29, 1.82) is 0 Å². The van der Waals surface area contributed by atoms with Gasteiger partial charge >= 0.3 is 0 Å². The first-order chi connectivity index (χ1) is 11.6. The summed E-state index contributed by atoms with van der Waals surface area (Å²) in [7, 11) is 1.59. The molecule has 24 heavy (non-hydrogen) atoms. The molecule has 1 aliphatic heterocycles. The fourth-order valence-electron chi connectivity index (χ4n) is 3.33. The highest BCUT2D eigenvalue weighted by Crippen LogP contribution is 2.43. The van der Waals surface area contributed by atoms with Gasteiger partial charge in [0.2, 0.25) is 0 Å². The summed E-state index contributed by atoms with van der Waals surface area (Å²) in [5, 5.41) is 9.95. The van der Waals surface area contributed by atoms with Crippen LogP contribution >= 0.6 is 0 Å². The van der Waals surface area contributed by atoms with Gasteiger partial charge < -0.3 is 25.1 Å². The summed E-state index contributed by atoms with van der Waals surface area (Å²) in [5.41, 5.74) is 6.06. The average molecular weight is 337 g/mol. The van der Waals surface area contributed by atoms with E-state index in [0.29, 0.717) is 30.0 Å². The number of imidazole rings is 1. The first-order valence-corrected chi connectivity index (χ1v) is 7.98. The Morgan fingerprint density at radius 2 is 2.17 bits per heavy atom. The zero-order chi connectivity index (χ0) is 17.3. The number of aliphatic hydroxyl groups is 1. The van der Waals surface area contributed by atoms with Gasteiger partial charge in [-0.15, -0.1) is 0 Å². The second-order valence-electron chi connectivity index (χ2n) is 5.74. The largest absolute Gasteiger partial charge is 0.393 e. The van der Waals surface area contributed by atoms with Gasteiger partial charge in [0.05, 0.1) is 12.9 Å². The van der Waals surface area contributed by atoms with Crippen molar-refractivity contribution in [1.82, 2.24) is 19.5 Å². The van der Waals surface area contributed by atoms with E-state index in [2.05, 4.69) is 15.0 Å². The predicted octanol–water partition coefficient (Wildman–Crippen LogP) is 0.498. The maximum atomic E-state index is 9.95. The summed E-state index contributed by atoms with van der Waals surface area (Å²) in [4.78, 5) is 12.5. The molecule has 3 heterocycles. The molecule has 3 unspecified atom stereocenters. The SMILES string of the molecule is CCOC1C(n2cnc3c(N)ncnc32)O[C@](CC)(CO)C1OC. The molecule has 0 saturated carbocycles. The minimum atomic E-state index is -0.853. The normalized spacial score (nSPS) is 30.2. The highest BCUT2D eigenvalue weighted by molar-refractivity contribution is 5.81. The van der Waals surface area contributed by atoms with E-state index in [1.54, 1.807) is 18.0 Å². The lowest BCUT2D eigenvalue weighted by Crippen LogP contribution is -2.47. The van der Waals surface area contributed by atoms with Gasteiger partial charge in [-0.2, -0.15) is 0 Å². The van der Waals surface area contributed by atoms with Gasteiger partial charge in [-0.1, -0.05) is 6.92 Å². The molecule has 3 N–H and O–H groups in total. The van der Waals surface area contributed by atoms with Crippen molar-refractivity contribution in [3.05, 3.63) is 12.7 Å². The van der Waals surface area contributed by atoms with E-state index in [-0.39, 0.29) is 6.61 Å². The molecule has 132 valence electrons. The van der Waals surface area contributed by atoms with Crippen molar-refractivity contribution in [3.63, 3.8) is 0 Å².